The normalized spacial score (nSPS) is 14.5. The molecule has 128 valence electrons. The van der Waals surface area contributed by atoms with Crippen LogP contribution in [0, 0.1) is 0 Å². The van der Waals surface area contributed by atoms with Gasteiger partial charge in [-0.3, -0.25) is 4.79 Å². The van der Waals surface area contributed by atoms with Gasteiger partial charge in [-0.2, -0.15) is 8.78 Å². The van der Waals surface area contributed by atoms with Gasteiger partial charge in [-0.25, -0.2) is 0 Å². The van der Waals surface area contributed by atoms with E-state index >= 15 is 0 Å². The maximum Gasteiger partial charge on any atom is 0.285 e. The zero-order valence-corrected chi connectivity index (χ0v) is 13.5. The first-order valence-electron chi connectivity index (χ1n) is 8.12. The van der Waals surface area contributed by atoms with Crippen molar-refractivity contribution < 1.29 is 18.3 Å². The van der Waals surface area contributed by atoms with Crippen LogP contribution in [0.2, 0.25) is 0 Å². The van der Waals surface area contributed by atoms with Gasteiger partial charge in [0.25, 0.3) is 5.92 Å². The first-order valence-corrected chi connectivity index (χ1v) is 8.12. The quantitative estimate of drug-likeness (QED) is 0.710. The molecule has 1 aliphatic rings. The van der Waals surface area contributed by atoms with Crippen molar-refractivity contribution in [3.8, 4) is 5.75 Å². The number of ether oxygens (including phenoxy) is 1. The highest BCUT2D eigenvalue weighted by atomic mass is 19.3. The topological polar surface area (TPSA) is 41.6 Å². The Morgan fingerprint density at radius 1 is 1.39 bits per heavy atom. The average Bonchev–Trinajstić information content (AvgIpc) is 2.46. The molecule has 0 radical (unpaired) electrons. The standard InChI is InChI=1S/C17H24F2N2O2/c1-2-3-10-23-15-7-4-6-14(11-15)17(18,19)13-20-12-16(22)21-8-5-9-21/h4,6-7,11,20H,2-3,5,8-10,12-13H2,1H3. The summed E-state index contributed by atoms with van der Waals surface area (Å²) in [5, 5.41) is 2.56. The molecule has 0 spiro atoms. The van der Waals surface area contributed by atoms with Crippen molar-refractivity contribution in [2.75, 3.05) is 32.8 Å². The molecule has 0 aliphatic carbocycles. The molecule has 1 aliphatic heterocycles. The number of carbonyl (C=O) groups excluding carboxylic acids is 1. The van der Waals surface area contributed by atoms with E-state index in [-0.39, 0.29) is 18.0 Å². The summed E-state index contributed by atoms with van der Waals surface area (Å²) in [4.78, 5) is 13.3. The van der Waals surface area contributed by atoms with Gasteiger partial charge in [0.15, 0.2) is 0 Å². The van der Waals surface area contributed by atoms with E-state index in [1.165, 1.54) is 12.1 Å². The van der Waals surface area contributed by atoms with Crippen LogP contribution in [-0.2, 0) is 10.7 Å². The number of unbranched alkanes of at least 4 members (excludes halogenated alkanes) is 1. The number of halogens is 2. The number of alkyl halides is 2. The number of carbonyl (C=O) groups is 1. The van der Waals surface area contributed by atoms with Crippen LogP contribution in [0.4, 0.5) is 8.78 Å². The molecule has 23 heavy (non-hydrogen) atoms. The van der Waals surface area contributed by atoms with Crippen molar-refractivity contribution in [1.29, 1.82) is 0 Å². The Labute approximate surface area is 135 Å². The number of hydrogen-bond acceptors (Lipinski definition) is 3. The number of hydrogen-bond donors (Lipinski definition) is 1. The number of amides is 1. The third-order valence-corrected chi connectivity index (χ3v) is 3.86. The molecule has 0 atom stereocenters. The highest BCUT2D eigenvalue weighted by Gasteiger charge is 2.32. The van der Waals surface area contributed by atoms with Crippen molar-refractivity contribution >= 4 is 5.91 Å². The van der Waals surface area contributed by atoms with Crippen molar-refractivity contribution in [1.82, 2.24) is 10.2 Å². The van der Waals surface area contributed by atoms with E-state index in [2.05, 4.69) is 5.32 Å². The van der Waals surface area contributed by atoms with E-state index in [9.17, 15) is 13.6 Å². The zero-order chi connectivity index (χ0) is 16.7. The number of nitrogens with zero attached hydrogens (tertiary/aromatic N) is 1. The Morgan fingerprint density at radius 2 is 2.17 bits per heavy atom. The first kappa shape index (κ1) is 17.7. The van der Waals surface area contributed by atoms with Crippen LogP contribution in [0.15, 0.2) is 24.3 Å². The van der Waals surface area contributed by atoms with Gasteiger partial charge in [0.2, 0.25) is 5.91 Å². The Hall–Kier alpha value is -1.69. The maximum absolute atomic E-state index is 14.2. The predicted octanol–water partition coefficient (Wildman–Crippen LogP) is 2.78. The molecule has 1 amide bonds. The molecule has 1 aromatic carbocycles. The minimum Gasteiger partial charge on any atom is -0.494 e. The van der Waals surface area contributed by atoms with Crippen LogP contribution in [-0.4, -0.2) is 43.6 Å². The first-order chi connectivity index (χ1) is 11.0. The fraction of sp³-hybridized carbons (Fsp3) is 0.588. The van der Waals surface area contributed by atoms with Crippen molar-refractivity contribution in [3.63, 3.8) is 0 Å². The molecule has 0 unspecified atom stereocenters. The molecular formula is C17H24F2N2O2. The molecule has 1 heterocycles. The van der Waals surface area contributed by atoms with Crippen molar-refractivity contribution in [2.45, 2.75) is 32.1 Å². The lowest BCUT2D eigenvalue weighted by atomic mass is 10.1. The summed E-state index contributed by atoms with van der Waals surface area (Å²) < 4.78 is 33.9. The minimum absolute atomic E-state index is 0.0533. The molecule has 0 aromatic heterocycles. The van der Waals surface area contributed by atoms with Gasteiger partial charge in [0, 0.05) is 18.7 Å². The van der Waals surface area contributed by atoms with E-state index in [0.717, 1.165) is 32.4 Å². The van der Waals surface area contributed by atoms with Gasteiger partial charge >= 0.3 is 0 Å². The monoisotopic (exact) mass is 326 g/mol. The summed E-state index contributed by atoms with van der Waals surface area (Å²) in [5.41, 5.74) is -0.101. The minimum atomic E-state index is -3.04. The summed E-state index contributed by atoms with van der Waals surface area (Å²) in [6, 6.07) is 5.99. The Kier molecular flexibility index (Phi) is 6.33. The molecular weight excluding hydrogens is 302 g/mol. The van der Waals surface area contributed by atoms with E-state index in [1.54, 1.807) is 17.0 Å². The number of benzene rings is 1. The second-order valence-corrected chi connectivity index (χ2v) is 5.77. The molecule has 0 bridgehead atoms. The van der Waals surface area contributed by atoms with Gasteiger partial charge in [-0.1, -0.05) is 25.5 Å². The highest BCUT2D eigenvalue weighted by Crippen LogP contribution is 2.29. The van der Waals surface area contributed by atoms with Gasteiger partial charge < -0.3 is 15.0 Å². The molecule has 0 saturated carbocycles. The second-order valence-electron chi connectivity index (χ2n) is 5.77. The molecule has 1 aromatic rings. The Bertz CT molecular complexity index is 519. The van der Waals surface area contributed by atoms with Crippen LogP contribution in [0.3, 0.4) is 0 Å². The SMILES string of the molecule is CCCCOc1cccc(C(F)(F)CNCC(=O)N2CCC2)c1. The maximum atomic E-state index is 14.2. The van der Waals surface area contributed by atoms with Crippen LogP contribution < -0.4 is 10.1 Å². The number of likely N-dealkylation sites (tertiary alicyclic amines) is 1. The van der Waals surface area contributed by atoms with Crippen LogP contribution in [0.1, 0.15) is 31.7 Å². The lowest BCUT2D eigenvalue weighted by molar-refractivity contribution is -0.133. The smallest absolute Gasteiger partial charge is 0.285 e. The molecule has 6 heteroatoms. The molecule has 1 N–H and O–H groups in total. The molecule has 1 fully saturated rings. The van der Waals surface area contributed by atoms with Crippen LogP contribution >= 0.6 is 0 Å². The second kappa shape index (κ2) is 8.24. The largest absolute Gasteiger partial charge is 0.494 e. The molecule has 4 nitrogen and oxygen atoms in total. The van der Waals surface area contributed by atoms with E-state index in [1.807, 2.05) is 6.92 Å². The van der Waals surface area contributed by atoms with Gasteiger partial charge in [0.05, 0.1) is 19.7 Å². The average molecular weight is 326 g/mol. The van der Waals surface area contributed by atoms with Crippen molar-refractivity contribution in [2.24, 2.45) is 0 Å². The van der Waals surface area contributed by atoms with Gasteiger partial charge in [-0.05, 0) is 25.0 Å². The lowest BCUT2D eigenvalue weighted by Gasteiger charge is -2.31. The summed E-state index contributed by atoms with van der Waals surface area (Å²) >= 11 is 0. The Balaban J connectivity index is 1.84. The van der Waals surface area contributed by atoms with E-state index in [0.29, 0.717) is 12.4 Å². The summed E-state index contributed by atoms with van der Waals surface area (Å²) in [6.07, 6.45) is 2.87. The van der Waals surface area contributed by atoms with Gasteiger partial charge in [0.1, 0.15) is 5.75 Å². The van der Waals surface area contributed by atoms with Crippen molar-refractivity contribution in [3.05, 3.63) is 29.8 Å². The summed E-state index contributed by atoms with van der Waals surface area (Å²) in [7, 11) is 0. The highest BCUT2D eigenvalue weighted by molar-refractivity contribution is 5.78. The van der Waals surface area contributed by atoms with Crippen LogP contribution in [0.5, 0.6) is 5.75 Å². The fourth-order valence-electron chi connectivity index (χ4n) is 2.25. The summed E-state index contributed by atoms with van der Waals surface area (Å²) in [6.45, 7) is 3.41. The third-order valence-electron chi connectivity index (χ3n) is 3.86. The van der Waals surface area contributed by atoms with E-state index in [4.69, 9.17) is 4.74 Å². The Morgan fingerprint density at radius 3 is 2.83 bits per heavy atom. The summed E-state index contributed by atoms with van der Waals surface area (Å²) in [5.74, 6) is -2.71. The lowest BCUT2D eigenvalue weighted by Crippen LogP contribution is -2.47. The molecule has 2 rings (SSSR count). The third kappa shape index (κ3) is 5.16. The van der Waals surface area contributed by atoms with Crippen LogP contribution in [0.25, 0.3) is 0 Å². The van der Waals surface area contributed by atoms with E-state index < -0.39 is 12.5 Å². The molecule has 1 saturated heterocycles. The zero-order valence-electron chi connectivity index (χ0n) is 13.5. The van der Waals surface area contributed by atoms with Gasteiger partial charge in [-0.15, -0.1) is 0 Å². The number of rotatable bonds is 9. The number of nitrogens with one attached hydrogen (secondary N) is 1. The predicted molar refractivity (Wildman–Crippen MR) is 84.8 cm³/mol. The fourth-order valence-corrected chi connectivity index (χ4v) is 2.25.